The van der Waals surface area contributed by atoms with Crippen LogP contribution in [0.25, 0.3) is 0 Å². The zero-order valence-electron chi connectivity index (χ0n) is 8.79. The van der Waals surface area contributed by atoms with E-state index < -0.39 is 17.6 Å². The van der Waals surface area contributed by atoms with Crippen molar-refractivity contribution in [1.29, 1.82) is 0 Å². The maximum absolute atomic E-state index is 13.0. The molecule has 86 valence electrons. The summed E-state index contributed by atoms with van der Waals surface area (Å²) in [6.07, 6.45) is 1.94. The molecule has 1 heterocycles. The van der Waals surface area contributed by atoms with Crippen molar-refractivity contribution in [2.75, 3.05) is 13.1 Å². The molecule has 2 rings (SSSR count). The minimum Gasteiger partial charge on any atom is -0.368 e. The summed E-state index contributed by atoms with van der Waals surface area (Å²) in [4.78, 5) is 13.3. The van der Waals surface area contributed by atoms with Gasteiger partial charge in [0, 0.05) is 19.1 Å². The minimum absolute atomic E-state index is 0.239. The monoisotopic (exact) mass is 215 g/mol. The molecule has 0 radical (unpaired) electrons. The Morgan fingerprint density at radius 3 is 2.67 bits per heavy atom. The van der Waals surface area contributed by atoms with Crippen molar-refractivity contribution >= 4 is 5.91 Å². The molecule has 1 aliphatic carbocycles. The molecule has 1 aliphatic heterocycles. The molecule has 0 bridgehead atoms. The lowest BCUT2D eigenvalue weighted by molar-refractivity contribution is -0.123. The molecule has 3 atom stereocenters. The van der Waals surface area contributed by atoms with Gasteiger partial charge in [0.1, 0.15) is 6.17 Å². The molecule has 4 nitrogen and oxygen atoms in total. The first kappa shape index (κ1) is 10.8. The Morgan fingerprint density at radius 1 is 1.47 bits per heavy atom. The Morgan fingerprint density at radius 2 is 2.20 bits per heavy atom. The van der Waals surface area contributed by atoms with Crippen LogP contribution in [-0.2, 0) is 4.79 Å². The predicted molar refractivity (Wildman–Crippen MR) is 54.8 cm³/mol. The summed E-state index contributed by atoms with van der Waals surface area (Å²) in [7, 11) is 0. The van der Waals surface area contributed by atoms with Crippen LogP contribution in [0.2, 0.25) is 0 Å². The van der Waals surface area contributed by atoms with Gasteiger partial charge in [0.05, 0.1) is 5.54 Å². The van der Waals surface area contributed by atoms with Crippen molar-refractivity contribution in [3.63, 3.8) is 0 Å². The fraction of sp³-hybridized carbons (Fsp3) is 0.900. The summed E-state index contributed by atoms with van der Waals surface area (Å²) in [5, 5.41) is 0. The summed E-state index contributed by atoms with van der Waals surface area (Å²) in [6.45, 7) is 1.26. The highest BCUT2D eigenvalue weighted by atomic mass is 19.1. The number of alkyl halides is 1. The van der Waals surface area contributed by atoms with Crippen molar-refractivity contribution in [2.24, 2.45) is 11.5 Å². The topological polar surface area (TPSA) is 72.3 Å². The molecule has 5 heteroatoms. The van der Waals surface area contributed by atoms with Crippen LogP contribution in [0.5, 0.6) is 0 Å². The third kappa shape index (κ3) is 1.99. The number of halogens is 1. The van der Waals surface area contributed by atoms with Gasteiger partial charge in [-0.25, -0.2) is 4.39 Å². The van der Waals surface area contributed by atoms with Crippen LogP contribution in [-0.4, -0.2) is 41.6 Å². The van der Waals surface area contributed by atoms with Crippen LogP contribution < -0.4 is 11.5 Å². The number of rotatable bonds is 2. The van der Waals surface area contributed by atoms with Gasteiger partial charge in [-0.15, -0.1) is 0 Å². The van der Waals surface area contributed by atoms with Crippen molar-refractivity contribution in [3.8, 4) is 0 Å². The molecule has 4 N–H and O–H groups in total. The molecule has 2 fully saturated rings. The van der Waals surface area contributed by atoms with E-state index in [2.05, 4.69) is 4.90 Å². The van der Waals surface area contributed by atoms with Gasteiger partial charge in [0.15, 0.2) is 0 Å². The number of likely N-dealkylation sites (tertiary alicyclic amines) is 1. The number of nitrogens with two attached hydrogens (primary N) is 2. The minimum atomic E-state index is -0.862. The van der Waals surface area contributed by atoms with E-state index in [9.17, 15) is 9.18 Å². The van der Waals surface area contributed by atoms with Crippen LogP contribution in [0.1, 0.15) is 25.7 Å². The van der Waals surface area contributed by atoms with E-state index >= 15 is 0 Å². The first-order valence-electron chi connectivity index (χ1n) is 5.48. The molecule has 3 unspecified atom stereocenters. The lowest BCUT2D eigenvalue weighted by Crippen LogP contribution is -2.51. The Bertz CT molecular complexity index is 273. The number of hydrogen-bond acceptors (Lipinski definition) is 3. The Balaban J connectivity index is 1.95. The number of primary amides is 1. The summed E-state index contributed by atoms with van der Waals surface area (Å²) < 4.78 is 13.0. The largest absolute Gasteiger partial charge is 0.368 e. The van der Waals surface area contributed by atoms with Gasteiger partial charge in [-0.2, -0.15) is 0 Å². The van der Waals surface area contributed by atoms with E-state index in [4.69, 9.17) is 11.5 Å². The molecule has 0 aromatic carbocycles. The molecule has 1 saturated carbocycles. The van der Waals surface area contributed by atoms with E-state index in [-0.39, 0.29) is 6.04 Å². The highest BCUT2D eigenvalue weighted by molar-refractivity contribution is 5.84. The van der Waals surface area contributed by atoms with Gasteiger partial charge in [-0.05, 0) is 25.7 Å². The summed E-state index contributed by atoms with van der Waals surface area (Å²) in [6, 6.07) is 0.239. The molecule has 1 amide bonds. The van der Waals surface area contributed by atoms with Crippen molar-refractivity contribution < 1.29 is 9.18 Å². The van der Waals surface area contributed by atoms with Gasteiger partial charge >= 0.3 is 0 Å². The number of nitrogens with zero attached hydrogens (tertiary/aromatic N) is 1. The fourth-order valence-electron chi connectivity index (χ4n) is 2.66. The van der Waals surface area contributed by atoms with Crippen LogP contribution in [0.3, 0.4) is 0 Å². The molecule has 0 aromatic heterocycles. The number of amides is 1. The quantitative estimate of drug-likeness (QED) is 0.668. The first-order chi connectivity index (χ1) is 7.01. The van der Waals surface area contributed by atoms with Crippen molar-refractivity contribution in [1.82, 2.24) is 4.90 Å². The molecule has 2 aliphatic rings. The normalized spacial score (nSPS) is 42.3. The van der Waals surface area contributed by atoms with Crippen molar-refractivity contribution in [2.45, 2.75) is 43.4 Å². The molecule has 15 heavy (non-hydrogen) atoms. The summed E-state index contributed by atoms with van der Waals surface area (Å²) in [5.41, 5.74) is 10.3. The van der Waals surface area contributed by atoms with Crippen LogP contribution in [0.4, 0.5) is 4.39 Å². The van der Waals surface area contributed by atoms with E-state index in [0.29, 0.717) is 25.8 Å². The standard InChI is InChI=1S/C10H18FN3O/c11-7-2-4-14(6-7)8-1-3-10(13,5-8)9(12)15/h7-8H,1-6,13H2,(H2,12,15). The van der Waals surface area contributed by atoms with Gasteiger partial charge in [0.2, 0.25) is 5.91 Å². The van der Waals surface area contributed by atoms with Gasteiger partial charge in [-0.3, -0.25) is 9.69 Å². The highest BCUT2D eigenvalue weighted by Crippen LogP contribution is 2.33. The summed E-state index contributed by atoms with van der Waals surface area (Å²) in [5.74, 6) is -0.430. The Hall–Kier alpha value is -0.680. The van der Waals surface area contributed by atoms with E-state index in [1.54, 1.807) is 0 Å². The average molecular weight is 215 g/mol. The van der Waals surface area contributed by atoms with Crippen LogP contribution >= 0.6 is 0 Å². The smallest absolute Gasteiger partial charge is 0.237 e. The zero-order chi connectivity index (χ0) is 11.1. The molecule has 1 saturated heterocycles. The van der Waals surface area contributed by atoms with Gasteiger partial charge < -0.3 is 11.5 Å². The van der Waals surface area contributed by atoms with Gasteiger partial charge in [-0.1, -0.05) is 0 Å². The van der Waals surface area contributed by atoms with E-state index in [1.807, 2.05) is 0 Å². The third-order valence-corrected chi connectivity index (χ3v) is 3.69. The first-order valence-corrected chi connectivity index (χ1v) is 5.48. The number of hydrogen-bond donors (Lipinski definition) is 2. The highest BCUT2D eigenvalue weighted by Gasteiger charge is 2.43. The molecule has 0 aromatic rings. The van der Waals surface area contributed by atoms with Crippen LogP contribution in [0.15, 0.2) is 0 Å². The van der Waals surface area contributed by atoms with Crippen LogP contribution in [0, 0.1) is 0 Å². The molecular weight excluding hydrogens is 197 g/mol. The zero-order valence-corrected chi connectivity index (χ0v) is 8.79. The molecular formula is C10H18FN3O. The second-order valence-corrected chi connectivity index (χ2v) is 4.80. The lowest BCUT2D eigenvalue weighted by Gasteiger charge is -2.25. The average Bonchev–Trinajstić information content (AvgIpc) is 2.73. The predicted octanol–water partition coefficient (Wildman–Crippen LogP) is -0.235. The van der Waals surface area contributed by atoms with E-state index in [0.717, 1.165) is 13.0 Å². The fourth-order valence-corrected chi connectivity index (χ4v) is 2.66. The lowest BCUT2D eigenvalue weighted by atomic mass is 9.98. The number of carbonyl (C=O) groups excluding carboxylic acids is 1. The maximum Gasteiger partial charge on any atom is 0.237 e. The maximum atomic E-state index is 13.0. The Kier molecular flexibility index (Phi) is 2.68. The number of carbonyl (C=O) groups is 1. The van der Waals surface area contributed by atoms with E-state index in [1.165, 1.54) is 0 Å². The molecule has 0 spiro atoms. The van der Waals surface area contributed by atoms with Crippen molar-refractivity contribution in [3.05, 3.63) is 0 Å². The second-order valence-electron chi connectivity index (χ2n) is 4.80. The van der Waals surface area contributed by atoms with Gasteiger partial charge in [0.25, 0.3) is 0 Å². The third-order valence-electron chi connectivity index (χ3n) is 3.69. The second kappa shape index (κ2) is 3.72. The summed E-state index contributed by atoms with van der Waals surface area (Å²) >= 11 is 0. The SMILES string of the molecule is NC(=O)C1(N)CCC(N2CCC(F)C2)C1. The Labute approximate surface area is 88.8 Å².